The molecule has 1 amide bonds. The first-order valence-corrected chi connectivity index (χ1v) is 6.48. The van der Waals surface area contributed by atoms with Gasteiger partial charge in [0.05, 0.1) is 12.7 Å². The number of phenols is 1. The molecule has 0 saturated carbocycles. The Morgan fingerprint density at radius 1 is 1.20 bits per heavy atom. The van der Waals surface area contributed by atoms with Crippen LogP contribution in [0, 0.1) is 0 Å². The van der Waals surface area contributed by atoms with Crippen LogP contribution in [0.4, 0.5) is 5.69 Å². The van der Waals surface area contributed by atoms with Gasteiger partial charge in [-0.1, -0.05) is 24.3 Å². The molecule has 1 N–H and O–H groups in total. The average Bonchev–Trinajstić information content (AvgIpc) is 2.91. The lowest BCUT2D eigenvalue weighted by Crippen LogP contribution is -2.28. The van der Waals surface area contributed by atoms with Gasteiger partial charge in [0.25, 0.3) is 5.91 Å². The van der Waals surface area contributed by atoms with Crippen molar-refractivity contribution in [3.8, 4) is 11.5 Å². The highest BCUT2D eigenvalue weighted by molar-refractivity contribution is 6.09. The first kappa shape index (κ1) is 12.5. The fourth-order valence-electron chi connectivity index (χ4n) is 2.55. The maximum absolute atomic E-state index is 12.6. The summed E-state index contributed by atoms with van der Waals surface area (Å²) < 4.78 is 5.05. The van der Waals surface area contributed by atoms with Crippen LogP contribution in [0.15, 0.2) is 42.5 Å². The second kappa shape index (κ2) is 4.89. The Balaban J connectivity index is 1.99. The maximum atomic E-state index is 12.6. The van der Waals surface area contributed by atoms with Crippen LogP contribution < -0.4 is 9.64 Å². The number of para-hydroxylation sites is 2. The number of hydrogen-bond donors (Lipinski definition) is 1. The monoisotopic (exact) mass is 269 g/mol. The number of rotatable bonds is 2. The average molecular weight is 269 g/mol. The molecule has 2 aromatic rings. The standard InChI is InChI=1S/C16H15NO3/c1-20-14-8-4-6-12(15(14)18)16(19)17-10-9-11-5-2-3-7-13(11)17/h2-8,18H,9-10H2,1H3. The van der Waals surface area contributed by atoms with Crippen molar-refractivity contribution in [3.63, 3.8) is 0 Å². The summed E-state index contributed by atoms with van der Waals surface area (Å²) in [6.07, 6.45) is 0.840. The van der Waals surface area contributed by atoms with Gasteiger partial charge in [-0.25, -0.2) is 0 Å². The molecule has 0 aromatic heterocycles. The summed E-state index contributed by atoms with van der Waals surface area (Å²) in [5, 5.41) is 10.1. The van der Waals surface area contributed by atoms with E-state index in [0.29, 0.717) is 12.3 Å². The molecule has 102 valence electrons. The highest BCUT2D eigenvalue weighted by Crippen LogP contribution is 2.34. The largest absolute Gasteiger partial charge is 0.504 e. The number of benzene rings is 2. The first-order valence-electron chi connectivity index (χ1n) is 6.48. The number of phenolic OH excluding ortho intramolecular Hbond substituents is 1. The molecule has 0 aliphatic carbocycles. The van der Waals surface area contributed by atoms with Crippen LogP contribution in [0.3, 0.4) is 0 Å². The SMILES string of the molecule is COc1cccc(C(=O)N2CCc3ccccc32)c1O. The van der Waals surface area contributed by atoms with E-state index in [1.54, 1.807) is 23.1 Å². The van der Waals surface area contributed by atoms with Gasteiger partial charge in [-0.15, -0.1) is 0 Å². The van der Waals surface area contributed by atoms with Crippen molar-refractivity contribution in [2.24, 2.45) is 0 Å². The minimum Gasteiger partial charge on any atom is -0.504 e. The summed E-state index contributed by atoms with van der Waals surface area (Å²) in [7, 11) is 1.47. The number of aromatic hydroxyl groups is 1. The molecule has 2 aromatic carbocycles. The van der Waals surface area contributed by atoms with E-state index in [0.717, 1.165) is 17.7 Å². The van der Waals surface area contributed by atoms with Crippen molar-refractivity contribution in [3.05, 3.63) is 53.6 Å². The smallest absolute Gasteiger partial charge is 0.262 e. The van der Waals surface area contributed by atoms with E-state index in [1.165, 1.54) is 7.11 Å². The Bertz CT molecular complexity index is 667. The summed E-state index contributed by atoms with van der Waals surface area (Å²) in [6.45, 7) is 0.634. The van der Waals surface area contributed by atoms with Gasteiger partial charge in [-0.3, -0.25) is 4.79 Å². The summed E-state index contributed by atoms with van der Waals surface area (Å²) in [5.41, 5.74) is 2.34. The number of nitrogens with zero attached hydrogens (tertiary/aromatic N) is 1. The molecule has 0 bridgehead atoms. The van der Waals surface area contributed by atoms with Crippen LogP contribution in [0.1, 0.15) is 15.9 Å². The number of hydrogen-bond acceptors (Lipinski definition) is 3. The highest BCUT2D eigenvalue weighted by Gasteiger charge is 2.27. The number of carbonyl (C=O) groups excluding carboxylic acids is 1. The second-order valence-corrected chi connectivity index (χ2v) is 4.69. The molecular formula is C16H15NO3. The number of amides is 1. The van der Waals surface area contributed by atoms with Crippen molar-refractivity contribution in [1.29, 1.82) is 0 Å². The minimum atomic E-state index is -0.202. The lowest BCUT2D eigenvalue weighted by molar-refractivity contribution is 0.0986. The Labute approximate surface area is 117 Å². The van der Waals surface area contributed by atoms with Crippen molar-refractivity contribution in [2.45, 2.75) is 6.42 Å². The van der Waals surface area contributed by atoms with Gasteiger partial charge in [0.2, 0.25) is 0 Å². The normalized spacial score (nSPS) is 13.2. The van der Waals surface area contributed by atoms with E-state index < -0.39 is 0 Å². The zero-order chi connectivity index (χ0) is 14.1. The third kappa shape index (κ3) is 1.90. The maximum Gasteiger partial charge on any atom is 0.262 e. The van der Waals surface area contributed by atoms with E-state index in [2.05, 4.69) is 0 Å². The van der Waals surface area contributed by atoms with Crippen LogP contribution in [-0.2, 0) is 6.42 Å². The van der Waals surface area contributed by atoms with Crippen molar-refractivity contribution < 1.29 is 14.6 Å². The molecule has 0 radical (unpaired) electrons. The van der Waals surface area contributed by atoms with Gasteiger partial charge in [0.1, 0.15) is 0 Å². The van der Waals surface area contributed by atoms with Crippen molar-refractivity contribution >= 4 is 11.6 Å². The fraction of sp³-hybridized carbons (Fsp3) is 0.188. The quantitative estimate of drug-likeness (QED) is 0.911. The summed E-state index contributed by atoms with van der Waals surface area (Å²) >= 11 is 0. The fourth-order valence-corrected chi connectivity index (χ4v) is 2.55. The molecule has 0 spiro atoms. The molecule has 3 rings (SSSR count). The zero-order valence-electron chi connectivity index (χ0n) is 11.2. The molecule has 1 aliphatic rings. The number of methoxy groups -OCH3 is 1. The number of anilines is 1. The van der Waals surface area contributed by atoms with E-state index in [9.17, 15) is 9.90 Å². The van der Waals surface area contributed by atoms with Gasteiger partial charge in [-0.05, 0) is 30.2 Å². The predicted molar refractivity (Wildman–Crippen MR) is 76.5 cm³/mol. The first-order chi connectivity index (χ1) is 9.72. The van der Waals surface area contributed by atoms with Gasteiger partial charge in [0, 0.05) is 12.2 Å². The Kier molecular flexibility index (Phi) is 3.06. The lowest BCUT2D eigenvalue weighted by atomic mass is 10.1. The number of carbonyl (C=O) groups is 1. The number of ether oxygens (including phenoxy) is 1. The predicted octanol–water partition coefficient (Wildman–Crippen LogP) is 2.60. The van der Waals surface area contributed by atoms with E-state index in [-0.39, 0.29) is 17.2 Å². The Morgan fingerprint density at radius 2 is 2.00 bits per heavy atom. The molecule has 0 saturated heterocycles. The second-order valence-electron chi connectivity index (χ2n) is 4.69. The van der Waals surface area contributed by atoms with Crippen LogP contribution in [0.2, 0.25) is 0 Å². The van der Waals surface area contributed by atoms with Crippen molar-refractivity contribution in [2.75, 3.05) is 18.6 Å². The third-order valence-electron chi connectivity index (χ3n) is 3.58. The number of fused-ring (bicyclic) bond motifs is 1. The summed E-state index contributed by atoms with van der Waals surface area (Å²) in [4.78, 5) is 14.3. The van der Waals surface area contributed by atoms with Gasteiger partial charge < -0.3 is 14.7 Å². The molecule has 0 fully saturated rings. The van der Waals surface area contributed by atoms with E-state index >= 15 is 0 Å². The highest BCUT2D eigenvalue weighted by atomic mass is 16.5. The van der Waals surface area contributed by atoms with Crippen LogP contribution >= 0.6 is 0 Å². The molecular weight excluding hydrogens is 254 g/mol. The topological polar surface area (TPSA) is 49.8 Å². The molecule has 0 unspecified atom stereocenters. The molecule has 1 aliphatic heterocycles. The van der Waals surface area contributed by atoms with Crippen LogP contribution in [0.5, 0.6) is 11.5 Å². The van der Waals surface area contributed by atoms with Gasteiger partial charge in [-0.2, -0.15) is 0 Å². The third-order valence-corrected chi connectivity index (χ3v) is 3.58. The summed E-state index contributed by atoms with van der Waals surface area (Å²) in [5.74, 6) is -0.000867. The molecule has 0 atom stereocenters. The van der Waals surface area contributed by atoms with E-state index in [1.807, 2.05) is 24.3 Å². The summed E-state index contributed by atoms with van der Waals surface area (Å²) in [6, 6.07) is 12.8. The van der Waals surface area contributed by atoms with Crippen LogP contribution in [0.25, 0.3) is 0 Å². The van der Waals surface area contributed by atoms with Gasteiger partial charge in [0.15, 0.2) is 11.5 Å². The van der Waals surface area contributed by atoms with E-state index in [4.69, 9.17) is 4.74 Å². The van der Waals surface area contributed by atoms with Gasteiger partial charge >= 0.3 is 0 Å². The lowest BCUT2D eigenvalue weighted by Gasteiger charge is -2.18. The zero-order valence-corrected chi connectivity index (χ0v) is 11.2. The Hall–Kier alpha value is -2.49. The molecule has 4 nitrogen and oxygen atoms in total. The molecule has 4 heteroatoms. The van der Waals surface area contributed by atoms with Crippen LogP contribution in [-0.4, -0.2) is 24.7 Å². The molecule has 20 heavy (non-hydrogen) atoms. The minimum absolute atomic E-state index is 0.107. The van der Waals surface area contributed by atoms with Crippen molar-refractivity contribution in [1.82, 2.24) is 0 Å². The Morgan fingerprint density at radius 3 is 2.80 bits per heavy atom. The molecule has 1 heterocycles.